The third kappa shape index (κ3) is 1.82. The zero-order valence-electron chi connectivity index (χ0n) is 7.46. The van der Waals surface area contributed by atoms with Gasteiger partial charge in [-0.2, -0.15) is 5.10 Å². The van der Waals surface area contributed by atoms with Crippen molar-refractivity contribution >= 4 is 17.6 Å². The average molecular weight is 224 g/mol. The van der Waals surface area contributed by atoms with E-state index in [4.69, 9.17) is 16.7 Å². The fourth-order valence-electron chi connectivity index (χ4n) is 1.17. The standard InChI is InChI=1S/C9H6ClN3O2/c10-6-4-7(9(14)15)8(11-5-6)13-3-1-2-12-13/h1-5H,(H,14,15). The van der Waals surface area contributed by atoms with E-state index in [2.05, 4.69) is 10.1 Å². The van der Waals surface area contributed by atoms with Crippen molar-refractivity contribution in [2.75, 3.05) is 0 Å². The predicted molar refractivity (Wildman–Crippen MR) is 53.3 cm³/mol. The number of aromatic nitrogens is 3. The molecule has 0 atom stereocenters. The van der Waals surface area contributed by atoms with Gasteiger partial charge in [-0.3, -0.25) is 0 Å². The lowest BCUT2D eigenvalue weighted by Gasteiger charge is -2.04. The van der Waals surface area contributed by atoms with Crippen molar-refractivity contribution in [3.05, 3.63) is 41.3 Å². The van der Waals surface area contributed by atoms with Crippen LogP contribution in [0.25, 0.3) is 5.82 Å². The molecule has 0 saturated heterocycles. The normalized spacial score (nSPS) is 10.2. The van der Waals surface area contributed by atoms with Gasteiger partial charge in [-0.1, -0.05) is 11.6 Å². The minimum absolute atomic E-state index is 0.0196. The van der Waals surface area contributed by atoms with Crippen LogP contribution in [0.4, 0.5) is 0 Å². The van der Waals surface area contributed by atoms with Gasteiger partial charge in [0.2, 0.25) is 0 Å². The number of carbonyl (C=O) groups is 1. The highest BCUT2D eigenvalue weighted by molar-refractivity contribution is 6.30. The molecule has 5 nitrogen and oxygen atoms in total. The number of carboxylic acids is 1. The van der Waals surface area contributed by atoms with E-state index in [1.807, 2.05) is 0 Å². The van der Waals surface area contributed by atoms with Crippen LogP contribution in [-0.4, -0.2) is 25.8 Å². The van der Waals surface area contributed by atoms with Crippen LogP contribution in [0.5, 0.6) is 0 Å². The summed E-state index contributed by atoms with van der Waals surface area (Å²) in [5.74, 6) is -0.840. The number of carboxylic acid groups (broad SMARTS) is 1. The highest BCUT2D eigenvalue weighted by atomic mass is 35.5. The molecule has 0 radical (unpaired) electrons. The lowest BCUT2D eigenvalue weighted by Crippen LogP contribution is -2.08. The zero-order chi connectivity index (χ0) is 10.8. The molecule has 76 valence electrons. The minimum atomic E-state index is -1.09. The van der Waals surface area contributed by atoms with E-state index in [9.17, 15) is 4.79 Å². The van der Waals surface area contributed by atoms with Gasteiger partial charge < -0.3 is 5.11 Å². The van der Waals surface area contributed by atoms with Gasteiger partial charge in [0.1, 0.15) is 5.56 Å². The minimum Gasteiger partial charge on any atom is -0.478 e. The Bertz CT molecular complexity index is 496. The van der Waals surface area contributed by atoms with Crippen molar-refractivity contribution in [2.45, 2.75) is 0 Å². The number of rotatable bonds is 2. The fraction of sp³-hybridized carbons (Fsp3) is 0. The maximum Gasteiger partial charge on any atom is 0.339 e. The summed E-state index contributed by atoms with van der Waals surface area (Å²) in [6, 6.07) is 3.02. The molecule has 2 heterocycles. The summed E-state index contributed by atoms with van der Waals surface area (Å²) in [4.78, 5) is 14.9. The molecule has 1 N–H and O–H groups in total. The van der Waals surface area contributed by atoms with Gasteiger partial charge in [0.05, 0.1) is 5.02 Å². The van der Waals surface area contributed by atoms with Crippen molar-refractivity contribution in [2.24, 2.45) is 0 Å². The molecular formula is C9H6ClN3O2. The first kappa shape index (κ1) is 9.67. The second-order valence-corrected chi connectivity index (χ2v) is 3.22. The van der Waals surface area contributed by atoms with Gasteiger partial charge >= 0.3 is 5.97 Å². The van der Waals surface area contributed by atoms with Crippen LogP contribution in [-0.2, 0) is 0 Å². The average Bonchev–Trinajstić information content (AvgIpc) is 2.70. The van der Waals surface area contributed by atoms with Crippen LogP contribution in [0.15, 0.2) is 30.7 Å². The first-order valence-electron chi connectivity index (χ1n) is 4.07. The summed E-state index contributed by atoms with van der Waals surface area (Å²) in [5, 5.41) is 13.1. The lowest BCUT2D eigenvalue weighted by molar-refractivity contribution is 0.0696. The summed E-state index contributed by atoms with van der Waals surface area (Å²) in [6.07, 6.45) is 4.54. The number of halogens is 1. The van der Waals surface area contributed by atoms with E-state index in [0.717, 1.165) is 0 Å². The van der Waals surface area contributed by atoms with Crippen molar-refractivity contribution in [1.29, 1.82) is 0 Å². The molecule has 6 heteroatoms. The Morgan fingerprint density at radius 2 is 2.33 bits per heavy atom. The molecule has 0 aliphatic heterocycles. The first-order chi connectivity index (χ1) is 7.18. The molecule has 15 heavy (non-hydrogen) atoms. The Morgan fingerprint density at radius 1 is 1.53 bits per heavy atom. The fourth-order valence-corrected chi connectivity index (χ4v) is 1.32. The third-order valence-electron chi connectivity index (χ3n) is 1.79. The van der Waals surface area contributed by atoms with Gasteiger partial charge in [-0.05, 0) is 12.1 Å². The Morgan fingerprint density at radius 3 is 2.93 bits per heavy atom. The molecule has 0 spiro atoms. The van der Waals surface area contributed by atoms with Gasteiger partial charge in [0.15, 0.2) is 5.82 Å². The third-order valence-corrected chi connectivity index (χ3v) is 1.99. The topological polar surface area (TPSA) is 68.0 Å². The summed E-state index contributed by atoms with van der Waals surface area (Å²) in [7, 11) is 0. The Balaban J connectivity index is 2.61. The SMILES string of the molecule is O=C(O)c1cc(Cl)cnc1-n1cccn1. The summed E-state index contributed by atoms with van der Waals surface area (Å²) < 4.78 is 1.37. The quantitative estimate of drug-likeness (QED) is 0.840. The first-order valence-corrected chi connectivity index (χ1v) is 4.45. The molecular weight excluding hydrogens is 218 g/mol. The Kier molecular flexibility index (Phi) is 2.39. The number of nitrogens with zero attached hydrogens (tertiary/aromatic N) is 3. The number of hydrogen-bond donors (Lipinski definition) is 1. The number of hydrogen-bond acceptors (Lipinski definition) is 3. The largest absolute Gasteiger partial charge is 0.478 e. The molecule has 0 aromatic carbocycles. The van der Waals surface area contributed by atoms with E-state index in [1.54, 1.807) is 18.5 Å². The second kappa shape index (κ2) is 3.70. The number of pyridine rings is 1. The maximum absolute atomic E-state index is 10.9. The molecule has 0 unspecified atom stereocenters. The highest BCUT2D eigenvalue weighted by Crippen LogP contribution is 2.16. The molecule has 0 aliphatic carbocycles. The molecule has 0 fully saturated rings. The van der Waals surface area contributed by atoms with Gasteiger partial charge in [0.25, 0.3) is 0 Å². The number of aromatic carboxylic acids is 1. The monoisotopic (exact) mass is 223 g/mol. The van der Waals surface area contributed by atoms with Gasteiger partial charge in [0, 0.05) is 18.6 Å². The Hall–Kier alpha value is -1.88. The Labute approximate surface area is 89.9 Å². The van der Waals surface area contributed by atoms with E-state index < -0.39 is 5.97 Å². The van der Waals surface area contributed by atoms with Crippen LogP contribution >= 0.6 is 11.6 Å². The molecule has 0 saturated carbocycles. The summed E-state index contributed by atoms with van der Waals surface area (Å²) in [6.45, 7) is 0. The van der Waals surface area contributed by atoms with Gasteiger partial charge in [-0.25, -0.2) is 14.5 Å². The van der Waals surface area contributed by atoms with Crippen LogP contribution in [0, 0.1) is 0 Å². The summed E-state index contributed by atoms with van der Waals surface area (Å²) in [5.41, 5.74) is 0.0196. The lowest BCUT2D eigenvalue weighted by atomic mass is 10.2. The summed E-state index contributed by atoms with van der Waals surface area (Å²) >= 11 is 5.67. The van der Waals surface area contributed by atoms with Gasteiger partial charge in [-0.15, -0.1) is 0 Å². The maximum atomic E-state index is 10.9. The zero-order valence-corrected chi connectivity index (χ0v) is 8.22. The molecule has 0 amide bonds. The van der Waals surface area contributed by atoms with Crippen molar-refractivity contribution in [3.8, 4) is 5.82 Å². The molecule has 2 rings (SSSR count). The molecule has 2 aromatic heterocycles. The van der Waals surface area contributed by atoms with E-state index >= 15 is 0 Å². The van der Waals surface area contributed by atoms with Crippen LogP contribution < -0.4 is 0 Å². The van der Waals surface area contributed by atoms with Crippen molar-refractivity contribution in [3.63, 3.8) is 0 Å². The molecule has 2 aromatic rings. The second-order valence-electron chi connectivity index (χ2n) is 2.78. The van der Waals surface area contributed by atoms with E-state index in [1.165, 1.54) is 16.9 Å². The van der Waals surface area contributed by atoms with Crippen molar-refractivity contribution in [1.82, 2.24) is 14.8 Å². The van der Waals surface area contributed by atoms with Crippen LogP contribution in [0.2, 0.25) is 5.02 Å². The molecule has 0 aliphatic rings. The van der Waals surface area contributed by atoms with Crippen molar-refractivity contribution < 1.29 is 9.90 Å². The van der Waals surface area contributed by atoms with E-state index in [-0.39, 0.29) is 16.4 Å². The highest BCUT2D eigenvalue weighted by Gasteiger charge is 2.13. The van der Waals surface area contributed by atoms with Crippen LogP contribution in [0.3, 0.4) is 0 Å². The smallest absolute Gasteiger partial charge is 0.339 e. The van der Waals surface area contributed by atoms with E-state index in [0.29, 0.717) is 0 Å². The molecule has 0 bridgehead atoms. The predicted octanol–water partition coefficient (Wildman–Crippen LogP) is 1.62. The van der Waals surface area contributed by atoms with Crippen LogP contribution in [0.1, 0.15) is 10.4 Å².